The maximum absolute atomic E-state index is 12.0. The van der Waals surface area contributed by atoms with Crippen molar-refractivity contribution in [3.05, 3.63) is 0 Å². The van der Waals surface area contributed by atoms with E-state index >= 15 is 0 Å². The van der Waals surface area contributed by atoms with Crippen LogP contribution in [0, 0.1) is 17.8 Å². The molecule has 0 amide bonds. The SMILES string of the molecule is CC1CCCC(COC(=O)C2CC(C)CCN2)C1. The minimum absolute atomic E-state index is 0.0280. The molecule has 3 nitrogen and oxygen atoms in total. The fourth-order valence-electron chi connectivity index (χ4n) is 3.30. The molecule has 1 N–H and O–H groups in total. The molecule has 4 unspecified atom stereocenters. The molecule has 0 spiro atoms. The lowest BCUT2D eigenvalue weighted by atomic mass is 9.83. The van der Waals surface area contributed by atoms with E-state index in [2.05, 4.69) is 19.2 Å². The Balaban J connectivity index is 1.70. The third kappa shape index (κ3) is 3.98. The van der Waals surface area contributed by atoms with Crippen LogP contribution in [0.5, 0.6) is 0 Å². The van der Waals surface area contributed by atoms with E-state index in [1.54, 1.807) is 0 Å². The fraction of sp³-hybridized carbons (Fsp3) is 0.933. The van der Waals surface area contributed by atoms with Crippen LogP contribution in [0.3, 0.4) is 0 Å². The van der Waals surface area contributed by atoms with E-state index in [1.807, 2.05) is 0 Å². The first kappa shape index (κ1) is 13.9. The van der Waals surface area contributed by atoms with Crippen LogP contribution in [0.1, 0.15) is 52.4 Å². The second-order valence-electron chi connectivity index (χ2n) is 6.40. The molecule has 4 atom stereocenters. The molecule has 1 heterocycles. The van der Waals surface area contributed by atoms with E-state index in [0.29, 0.717) is 18.4 Å². The highest BCUT2D eigenvalue weighted by Gasteiger charge is 2.27. The van der Waals surface area contributed by atoms with Gasteiger partial charge in [-0.2, -0.15) is 0 Å². The molecule has 2 aliphatic rings. The normalized spacial score (nSPS) is 37.2. The van der Waals surface area contributed by atoms with E-state index in [9.17, 15) is 4.79 Å². The summed E-state index contributed by atoms with van der Waals surface area (Å²) >= 11 is 0. The lowest BCUT2D eigenvalue weighted by Crippen LogP contribution is -2.44. The molecular weight excluding hydrogens is 226 g/mol. The first-order valence-electron chi connectivity index (χ1n) is 7.55. The number of esters is 1. The maximum Gasteiger partial charge on any atom is 0.323 e. The van der Waals surface area contributed by atoms with Crippen LogP contribution >= 0.6 is 0 Å². The zero-order chi connectivity index (χ0) is 13.0. The molecular formula is C15H27NO2. The molecule has 1 aliphatic heterocycles. The molecule has 3 heteroatoms. The number of nitrogens with one attached hydrogen (secondary N) is 1. The van der Waals surface area contributed by atoms with Crippen molar-refractivity contribution in [1.29, 1.82) is 0 Å². The molecule has 1 aliphatic carbocycles. The van der Waals surface area contributed by atoms with Crippen LogP contribution in [0.2, 0.25) is 0 Å². The Kier molecular flexibility index (Phi) is 5.04. The Morgan fingerprint density at radius 1 is 1.17 bits per heavy atom. The van der Waals surface area contributed by atoms with Gasteiger partial charge in [-0.25, -0.2) is 0 Å². The summed E-state index contributed by atoms with van der Waals surface area (Å²) in [5.41, 5.74) is 0. The molecule has 0 aromatic rings. The molecule has 1 saturated carbocycles. The van der Waals surface area contributed by atoms with Gasteiger partial charge < -0.3 is 10.1 Å². The Morgan fingerprint density at radius 2 is 1.94 bits per heavy atom. The predicted molar refractivity (Wildman–Crippen MR) is 72.3 cm³/mol. The van der Waals surface area contributed by atoms with Gasteiger partial charge in [0.1, 0.15) is 6.04 Å². The van der Waals surface area contributed by atoms with Crippen molar-refractivity contribution in [2.45, 2.75) is 58.4 Å². The summed E-state index contributed by atoms with van der Waals surface area (Å²) in [4.78, 5) is 12.0. The van der Waals surface area contributed by atoms with Crippen molar-refractivity contribution < 1.29 is 9.53 Å². The first-order valence-corrected chi connectivity index (χ1v) is 7.55. The van der Waals surface area contributed by atoms with Crippen molar-refractivity contribution >= 4 is 5.97 Å². The largest absolute Gasteiger partial charge is 0.464 e. The van der Waals surface area contributed by atoms with Crippen LogP contribution in [0.15, 0.2) is 0 Å². The number of carbonyl (C=O) groups is 1. The zero-order valence-corrected chi connectivity index (χ0v) is 11.8. The molecule has 0 aromatic carbocycles. The van der Waals surface area contributed by atoms with Gasteiger partial charge >= 0.3 is 5.97 Å². The Hall–Kier alpha value is -0.570. The molecule has 104 valence electrons. The smallest absolute Gasteiger partial charge is 0.323 e. The topological polar surface area (TPSA) is 38.3 Å². The molecule has 0 aromatic heterocycles. The lowest BCUT2D eigenvalue weighted by molar-refractivity contribution is -0.149. The molecule has 1 saturated heterocycles. The van der Waals surface area contributed by atoms with E-state index < -0.39 is 0 Å². The fourth-order valence-corrected chi connectivity index (χ4v) is 3.30. The summed E-state index contributed by atoms with van der Waals surface area (Å²) in [6.45, 7) is 6.10. The number of hydrogen-bond acceptors (Lipinski definition) is 3. The van der Waals surface area contributed by atoms with E-state index in [-0.39, 0.29) is 12.0 Å². The second kappa shape index (κ2) is 6.55. The van der Waals surface area contributed by atoms with Gasteiger partial charge in [-0.1, -0.05) is 26.7 Å². The Bertz CT molecular complexity index is 280. The average Bonchev–Trinajstić information content (AvgIpc) is 2.36. The van der Waals surface area contributed by atoms with Crippen LogP contribution in [-0.4, -0.2) is 25.2 Å². The molecule has 2 rings (SSSR count). The van der Waals surface area contributed by atoms with Gasteiger partial charge in [0.15, 0.2) is 0 Å². The highest BCUT2D eigenvalue weighted by molar-refractivity contribution is 5.75. The molecule has 0 radical (unpaired) electrons. The predicted octanol–water partition coefficient (Wildman–Crippen LogP) is 2.74. The van der Waals surface area contributed by atoms with Gasteiger partial charge in [0.05, 0.1) is 6.61 Å². The Morgan fingerprint density at radius 3 is 2.67 bits per heavy atom. The maximum atomic E-state index is 12.0. The minimum atomic E-state index is -0.0604. The summed E-state index contributed by atoms with van der Waals surface area (Å²) in [7, 11) is 0. The number of piperidine rings is 1. The van der Waals surface area contributed by atoms with Gasteiger partial charge in [0, 0.05) is 0 Å². The van der Waals surface area contributed by atoms with Crippen molar-refractivity contribution in [3.63, 3.8) is 0 Å². The van der Waals surface area contributed by atoms with Gasteiger partial charge in [-0.05, 0) is 50.0 Å². The first-order chi connectivity index (χ1) is 8.65. The molecule has 2 fully saturated rings. The molecule has 0 bridgehead atoms. The third-order valence-corrected chi connectivity index (χ3v) is 4.46. The average molecular weight is 253 g/mol. The van der Waals surface area contributed by atoms with Gasteiger partial charge in [0.2, 0.25) is 0 Å². The van der Waals surface area contributed by atoms with E-state index in [1.165, 1.54) is 32.1 Å². The van der Waals surface area contributed by atoms with Crippen LogP contribution < -0.4 is 5.32 Å². The van der Waals surface area contributed by atoms with E-state index in [4.69, 9.17) is 4.74 Å². The van der Waals surface area contributed by atoms with Gasteiger partial charge in [0.25, 0.3) is 0 Å². The van der Waals surface area contributed by atoms with Crippen molar-refractivity contribution in [3.8, 4) is 0 Å². The lowest BCUT2D eigenvalue weighted by Gasteiger charge is -2.29. The summed E-state index contributed by atoms with van der Waals surface area (Å²) in [6.07, 6.45) is 7.19. The number of ether oxygens (including phenoxy) is 1. The summed E-state index contributed by atoms with van der Waals surface area (Å²) in [6, 6.07) is -0.0604. The van der Waals surface area contributed by atoms with E-state index in [0.717, 1.165) is 18.9 Å². The monoisotopic (exact) mass is 253 g/mol. The highest BCUT2D eigenvalue weighted by atomic mass is 16.5. The van der Waals surface area contributed by atoms with Crippen LogP contribution in [-0.2, 0) is 9.53 Å². The third-order valence-electron chi connectivity index (χ3n) is 4.46. The van der Waals surface area contributed by atoms with Crippen LogP contribution in [0.25, 0.3) is 0 Å². The standard InChI is InChI=1S/C15H27NO2/c1-11-4-3-5-13(8-11)10-18-15(17)14-9-12(2)6-7-16-14/h11-14,16H,3-10H2,1-2H3. The minimum Gasteiger partial charge on any atom is -0.464 e. The van der Waals surface area contributed by atoms with Crippen LogP contribution in [0.4, 0.5) is 0 Å². The van der Waals surface area contributed by atoms with Crippen molar-refractivity contribution in [2.75, 3.05) is 13.2 Å². The highest BCUT2D eigenvalue weighted by Crippen LogP contribution is 2.28. The number of carbonyl (C=O) groups excluding carboxylic acids is 1. The Labute approximate surface area is 111 Å². The number of rotatable bonds is 3. The van der Waals surface area contributed by atoms with Gasteiger partial charge in [-0.3, -0.25) is 4.79 Å². The molecule has 18 heavy (non-hydrogen) atoms. The summed E-state index contributed by atoms with van der Waals surface area (Å²) < 4.78 is 5.52. The summed E-state index contributed by atoms with van der Waals surface area (Å²) in [5, 5.41) is 3.27. The van der Waals surface area contributed by atoms with Crippen molar-refractivity contribution in [2.24, 2.45) is 17.8 Å². The quantitative estimate of drug-likeness (QED) is 0.786. The second-order valence-corrected chi connectivity index (χ2v) is 6.40. The summed E-state index contributed by atoms with van der Waals surface area (Å²) in [5.74, 6) is 2.01. The zero-order valence-electron chi connectivity index (χ0n) is 11.8. The van der Waals surface area contributed by atoms with Crippen molar-refractivity contribution in [1.82, 2.24) is 5.32 Å². The number of hydrogen-bond donors (Lipinski definition) is 1. The van der Waals surface area contributed by atoms with Gasteiger partial charge in [-0.15, -0.1) is 0 Å².